The highest BCUT2D eigenvalue weighted by Crippen LogP contribution is 2.33. The molecule has 27 heavy (non-hydrogen) atoms. The molecule has 0 spiro atoms. The Morgan fingerprint density at radius 3 is 2.52 bits per heavy atom. The van der Waals surface area contributed by atoms with Crippen molar-refractivity contribution in [3.8, 4) is 0 Å². The van der Waals surface area contributed by atoms with Crippen molar-refractivity contribution in [3.05, 3.63) is 80.7 Å². The Balaban J connectivity index is 2.34. The SMILES string of the molecule is C=CN1C(C(C)C)=C(C)C(C(=O)NCc2c(C)cc(C)[nH]c2=O)=C/C1=C/C. The molecule has 1 aromatic heterocycles. The van der Waals surface area contributed by atoms with Gasteiger partial charge in [0.2, 0.25) is 0 Å². The monoisotopic (exact) mass is 367 g/mol. The summed E-state index contributed by atoms with van der Waals surface area (Å²) in [5.74, 6) is 0.0460. The highest BCUT2D eigenvalue weighted by Gasteiger charge is 2.26. The standard InChI is InChI=1S/C22H29N3O2/c1-8-17-11-18(16(7)20(13(3)4)25(17)9-2)21(26)23-12-19-14(5)10-15(6)24-22(19)27/h8-11,13H,2,12H2,1,3-7H3,(H,23,26)(H,24,27)/b17-8-. The summed E-state index contributed by atoms with van der Waals surface area (Å²) in [5.41, 5.74) is 5.60. The van der Waals surface area contributed by atoms with Crippen molar-refractivity contribution < 1.29 is 4.79 Å². The fraction of sp³-hybridized carbons (Fsp3) is 0.364. The van der Waals surface area contributed by atoms with E-state index >= 15 is 0 Å². The zero-order chi connectivity index (χ0) is 20.3. The summed E-state index contributed by atoms with van der Waals surface area (Å²) in [5, 5.41) is 2.90. The van der Waals surface area contributed by atoms with Gasteiger partial charge in [-0.25, -0.2) is 0 Å². The van der Waals surface area contributed by atoms with Crippen LogP contribution in [0.1, 0.15) is 44.5 Å². The van der Waals surface area contributed by atoms with E-state index < -0.39 is 0 Å². The molecule has 0 bridgehead atoms. The summed E-state index contributed by atoms with van der Waals surface area (Å²) in [6.45, 7) is 15.9. The number of carbonyl (C=O) groups excluding carboxylic acids is 1. The van der Waals surface area contributed by atoms with Crippen molar-refractivity contribution in [1.29, 1.82) is 0 Å². The lowest BCUT2D eigenvalue weighted by Gasteiger charge is -2.33. The van der Waals surface area contributed by atoms with E-state index in [4.69, 9.17) is 0 Å². The predicted octanol–water partition coefficient (Wildman–Crippen LogP) is 3.83. The summed E-state index contributed by atoms with van der Waals surface area (Å²) in [6, 6.07) is 1.91. The van der Waals surface area contributed by atoms with Gasteiger partial charge in [0, 0.05) is 41.0 Å². The van der Waals surface area contributed by atoms with Crippen LogP contribution in [0.15, 0.2) is 58.3 Å². The van der Waals surface area contributed by atoms with Crippen LogP contribution in [0, 0.1) is 19.8 Å². The molecule has 1 amide bonds. The molecule has 1 aliphatic rings. The van der Waals surface area contributed by atoms with Gasteiger partial charge in [-0.2, -0.15) is 0 Å². The number of H-pyrrole nitrogens is 1. The number of carbonyl (C=O) groups is 1. The summed E-state index contributed by atoms with van der Waals surface area (Å²) in [7, 11) is 0. The number of allylic oxidation sites excluding steroid dienone is 3. The van der Waals surface area contributed by atoms with E-state index in [9.17, 15) is 9.59 Å². The first-order chi connectivity index (χ1) is 12.7. The minimum atomic E-state index is -0.187. The molecule has 5 nitrogen and oxygen atoms in total. The molecule has 1 aromatic rings. The van der Waals surface area contributed by atoms with Crippen LogP contribution >= 0.6 is 0 Å². The highest BCUT2D eigenvalue weighted by molar-refractivity contribution is 5.98. The lowest BCUT2D eigenvalue weighted by Crippen LogP contribution is -2.32. The number of aromatic nitrogens is 1. The van der Waals surface area contributed by atoms with E-state index in [1.54, 1.807) is 6.20 Å². The summed E-state index contributed by atoms with van der Waals surface area (Å²) in [4.78, 5) is 29.9. The Morgan fingerprint density at radius 2 is 2.00 bits per heavy atom. The number of nitrogens with one attached hydrogen (secondary N) is 2. The first-order valence-electron chi connectivity index (χ1n) is 9.19. The molecule has 144 valence electrons. The first-order valence-corrected chi connectivity index (χ1v) is 9.19. The minimum Gasteiger partial charge on any atom is -0.348 e. The highest BCUT2D eigenvalue weighted by atomic mass is 16.2. The van der Waals surface area contributed by atoms with Gasteiger partial charge in [-0.1, -0.05) is 26.5 Å². The second-order valence-corrected chi connectivity index (χ2v) is 7.11. The molecule has 0 aliphatic carbocycles. The van der Waals surface area contributed by atoms with Gasteiger partial charge >= 0.3 is 0 Å². The van der Waals surface area contributed by atoms with Crippen LogP contribution in [-0.4, -0.2) is 15.8 Å². The maximum Gasteiger partial charge on any atom is 0.253 e. The van der Waals surface area contributed by atoms with Crippen molar-refractivity contribution >= 4 is 5.91 Å². The number of hydrogen-bond donors (Lipinski definition) is 2. The van der Waals surface area contributed by atoms with Crippen molar-refractivity contribution in [2.45, 2.75) is 48.1 Å². The van der Waals surface area contributed by atoms with Crippen molar-refractivity contribution in [2.24, 2.45) is 5.92 Å². The van der Waals surface area contributed by atoms with Gasteiger partial charge in [-0.05, 0) is 56.9 Å². The third-order valence-electron chi connectivity index (χ3n) is 4.81. The smallest absolute Gasteiger partial charge is 0.253 e. The van der Waals surface area contributed by atoms with Crippen LogP contribution in [-0.2, 0) is 11.3 Å². The van der Waals surface area contributed by atoms with Gasteiger partial charge in [0.05, 0.1) is 0 Å². The molecular formula is C22H29N3O2. The zero-order valence-corrected chi connectivity index (χ0v) is 17.1. The lowest BCUT2D eigenvalue weighted by atomic mass is 9.92. The van der Waals surface area contributed by atoms with Gasteiger partial charge in [-0.15, -0.1) is 0 Å². The van der Waals surface area contributed by atoms with E-state index in [0.29, 0.717) is 11.1 Å². The number of nitrogens with zero attached hydrogens (tertiary/aromatic N) is 1. The van der Waals surface area contributed by atoms with Crippen molar-refractivity contribution in [2.75, 3.05) is 0 Å². The van der Waals surface area contributed by atoms with Crippen LogP contribution in [0.2, 0.25) is 0 Å². The molecule has 0 radical (unpaired) electrons. The second kappa shape index (κ2) is 8.25. The van der Waals surface area contributed by atoms with Crippen LogP contribution in [0.4, 0.5) is 0 Å². The Kier molecular flexibility index (Phi) is 6.26. The van der Waals surface area contributed by atoms with E-state index in [2.05, 4.69) is 30.7 Å². The molecule has 0 saturated heterocycles. The van der Waals surface area contributed by atoms with Crippen molar-refractivity contribution in [1.82, 2.24) is 15.2 Å². The third-order valence-corrected chi connectivity index (χ3v) is 4.81. The Hall–Kier alpha value is -2.82. The van der Waals surface area contributed by atoms with E-state index in [1.165, 1.54) is 0 Å². The molecule has 1 aliphatic heterocycles. The molecule has 5 heteroatoms. The van der Waals surface area contributed by atoms with Crippen LogP contribution in [0.3, 0.4) is 0 Å². The fourth-order valence-corrected chi connectivity index (χ4v) is 3.52. The number of aromatic amines is 1. The van der Waals surface area contributed by atoms with E-state index in [0.717, 1.165) is 28.2 Å². The summed E-state index contributed by atoms with van der Waals surface area (Å²) in [6.07, 6.45) is 5.59. The molecule has 2 heterocycles. The number of aryl methyl sites for hydroxylation is 2. The molecular weight excluding hydrogens is 338 g/mol. The summed E-state index contributed by atoms with van der Waals surface area (Å²) >= 11 is 0. The molecule has 0 aromatic carbocycles. The quantitative estimate of drug-likeness (QED) is 0.831. The zero-order valence-electron chi connectivity index (χ0n) is 17.1. The molecule has 0 unspecified atom stereocenters. The predicted molar refractivity (Wildman–Crippen MR) is 110 cm³/mol. The Labute approximate surface area is 161 Å². The number of rotatable bonds is 5. The van der Waals surface area contributed by atoms with E-state index in [1.807, 2.05) is 50.8 Å². The molecule has 2 rings (SSSR count). The Bertz CT molecular complexity index is 914. The van der Waals surface area contributed by atoms with Gasteiger partial charge in [0.1, 0.15) is 0 Å². The Morgan fingerprint density at radius 1 is 1.33 bits per heavy atom. The molecule has 2 N–H and O–H groups in total. The average molecular weight is 367 g/mol. The minimum absolute atomic E-state index is 0.160. The topological polar surface area (TPSA) is 65.2 Å². The number of hydrogen-bond acceptors (Lipinski definition) is 3. The van der Waals surface area contributed by atoms with Crippen LogP contribution in [0.5, 0.6) is 0 Å². The lowest BCUT2D eigenvalue weighted by molar-refractivity contribution is -0.117. The van der Waals surface area contributed by atoms with Gasteiger partial charge in [-0.3, -0.25) is 9.59 Å². The van der Waals surface area contributed by atoms with Crippen LogP contribution < -0.4 is 10.9 Å². The molecule has 0 atom stereocenters. The largest absolute Gasteiger partial charge is 0.348 e. The second-order valence-electron chi connectivity index (χ2n) is 7.11. The van der Waals surface area contributed by atoms with Gasteiger partial charge in [0.15, 0.2) is 0 Å². The number of amides is 1. The van der Waals surface area contributed by atoms with Crippen LogP contribution in [0.25, 0.3) is 0 Å². The van der Waals surface area contributed by atoms with Gasteiger partial charge in [0.25, 0.3) is 11.5 Å². The molecule has 0 saturated carbocycles. The van der Waals surface area contributed by atoms with Crippen molar-refractivity contribution in [3.63, 3.8) is 0 Å². The normalized spacial score (nSPS) is 16.0. The number of pyridine rings is 1. The van der Waals surface area contributed by atoms with E-state index in [-0.39, 0.29) is 23.9 Å². The van der Waals surface area contributed by atoms with Gasteiger partial charge < -0.3 is 15.2 Å². The maximum absolute atomic E-state index is 12.9. The fourth-order valence-electron chi connectivity index (χ4n) is 3.52. The average Bonchev–Trinajstić information content (AvgIpc) is 2.59. The summed E-state index contributed by atoms with van der Waals surface area (Å²) < 4.78 is 0. The first kappa shape index (κ1) is 20.5. The third kappa shape index (κ3) is 4.13. The maximum atomic E-state index is 12.9. The molecule has 0 fully saturated rings.